The summed E-state index contributed by atoms with van der Waals surface area (Å²) in [5.41, 5.74) is 2.89. The molecule has 0 atom stereocenters. The number of benzene rings is 2. The molecule has 0 bridgehead atoms. The lowest BCUT2D eigenvalue weighted by Crippen LogP contribution is -2.01. The zero-order valence-electron chi connectivity index (χ0n) is 15.8. The molecular formula is C21H18N4O3S. The molecule has 2 aromatic heterocycles. The molecule has 1 N–H and O–H groups in total. The molecule has 0 spiro atoms. The van der Waals surface area contributed by atoms with Crippen molar-refractivity contribution in [3.8, 4) is 5.69 Å². The lowest BCUT2D eigenvalue weighted by Gasteiger charge is -2.08. The number of aromatic nitrogens is 3. The Balaban J connectivity index is 1.66. The van der Waals surface area contributed by atoms with Gasteiger partial charge in [-0.2, -0.15) is 4.98 Å². The van der Waals surface area contributed by atoms with E-state index in [1.165, 1.54) is 13.2 Å². The van der Waals surface area contributed by atoms with Gasteiger partial charge in [-0.1, -0.05) is 0 Å². The van der Waals surface area contributed by atoms with Crippen molar-refractivity contribution in [2.24, 2.45) is 0 Å². The molecule has 146 valence electrons. The molecule has 0 amide bonds. The minimum absolute atomic E-state index is 0.00828. The van der Waals surface area contributed by atoms with Crippen LogP contribution in [0.3, 0.4) is 0 Å². The lowest BCUT2D eigenvalue weighted by atomic mass is 10.1. The summed E-state index contributed by atoms with van der Waals surface area (Å²) in [5, 5.41) is 3.99. The van der Waals surface area contributed by atoms with E-state index >= 15 is 0 Å². The molecule has 0 aliphatic carbocycles. The second-order valence-corrected chi connectivity index (χ2v) is 8.70. The van der Waals surface area contributed by atoms with E-state index < -0.39 is 9.84 Å². The predicted octanol–water partition coefficient (Wildman–Crippen LogP) is 3.77. The van der Waals surface area contributed by atoms with Crippen LogP contribution in [0, 0.1) is 0 Å². The van der Waals surface area contributed by atoms with E-state index in [-0.39, 0.29) is 10.7 Å². The fourth-order valence-electron chi connectivity index (χ4n) is 2.96. The van der Waals surface area contributed by atoms with Crippen molar-refractivity contribution in [3.05, 3.63) is 72.6 Å². The van der Waals surface area contributed by atoms with E-state index in [1.54, 1.807) is 54.7 Å². The highest BCUT2D eigenvalue weighted by atomic mass is 32.2. The van der Waals surface area contributed by atoms with Crippen LogP contribution in [0.15, 0.2) is 71.9 Å². The quantitative estimate of drug-likeness (QED) is 0.507. The number of rotatable bonds is 5. The maximum atomic E-state index is 11.7. The van der Waals surface area contributed by atoms with Crippen LogP contribution in [-0.2, 0) is 9.84 Å². The molecule has 8 heteroatoms. The Labute approximate surface area is 168 Å². The third kappa shape index (κ3) is 3.88. The molecule has 0 saturated heterocycles. The second kappa shape index (κ2) is 7.14. The van der Waals surface area contributed by atoms with Crippen molar-refractivity contribution < 1.29 is 13.2 Å². The molecule has 0 radical (unpaired) electrons. The molecular weight excluding hydrogens is 388 g/mol. The van der Waals surface area contributed by atoms with Gasteiger partial charge in [0.1, 0.15) is 5.65 Å². The topological polar surface area (TPSA) is 94.0 Å². The number of carbonyl (C=O) groups is 1. The van der Waals surface area contributed by atoms with Crippen molar-refractivity contribution in [1.29, 1.82) is 0 Å². The van der Waals surface area contributed by atoms with Gasteiger partial charge in [0.15, 0.2) is 15.6 Å². The van der Waals surface area contributed by atoms with Crippen LogP contribution in [0.25, 0.3) is 16.7 Å². The van der Waals surface area contributed by atoms with E-state index in [0.717, 1.165) is 16.8 Å². The summed E-state index contributed by atoms with van der Waals surface area (Å²) in [5.74, 6) is 0.426. The Kier molecular flexibility index (Phi) is 4.63. The van der Waals surface area contributed by atoms with Crippen LogP contribution in [-0.4, -0.2) is 35.0 Å². The normalized spacial score (nSPS) is 11.5. The smallest absolute Gasteiger partial charge is 0.229 e. The van der Waals surface area contributed by atoms with Gasteiger partial charge in [0, 0.05) is 41.0 Å². The Morgan fingerprint density at radius 1 is 1.00 bits per heavy atom. The van der Waals surface area contributed by atoms with Crippen molar-refractivity contribution in [2.45, 2.75) is 11.8 Å². The van der Waals surface area contributed by atoms with Gasteiger partial charge in [-0.05, 0) is 61.5 Å². The largest absolute Gasteiger partial charge is 0.324 e. The summed E-state index contributed by atoms with van der Waals surface area (Å²) in [7, 11) is -3.25. The number of anilines is 2. The van der Waals surface area contributed by atoms with Gasteiger partial charge in [0.2, 0.25) is 5.95 Å². The fraction of sp³-hybridized carbons (Fsp3) is 0.0952. The van der Waals surface area contributed by atoms with Crippen LogP contribution in [0.2, 0.25) is 0 Å². The van der Waals surface area contributed by atoms with Gasteiger partial charge in [-0.25, -0.2) is 13.4 Å². The molecule has 29 heavy (non-hydrogen) atoms. The third-order valence-corrected chi connectivity index (χ3v) is 5.65. The summed E-state index contributed by atoms with van der Waals surface area (Å²) < 4.78 is 25.2. The van der Waals surface area contributed by atoms with Gasteiger partial charge < -0.3 is 9.88 Å². The highest BCUT2D eigenvalue weighted by Gasteiger charge is 2.10. The van der Waals surface area contributed by atoms with Crippen LogP contribution in [0.4, 0.5) is 11.6 Å². The van der Waals surface area contributed by atoms with E-state index in [1.807, 2.05) is 16.8 Å². The zero-order valence-corrected chi connectivity index (χ0v) is 16.6. The molecule has 0 aliphatic rings. The number of carbonyl (C=O) groups excluding carboxylic acids is 1. The molecule has 4 aromatic rings. The monoisotopic (exact) mass is 406 g/mol. The number of fused-ring (bicyclic) bond motifs is 1. The first-order valence-electron chi connectivity index (χ1n) is 8.84. The Morgan fingerprint density at radius 3 is 2.31 bits per heavy atom. The van der Waals surface area contributed by atoms with E-state index in [4.69, 9.17) is 0 Å². The number of sulfone groups is 1. The van der Waals surface area contributed by atoms with E-state index in [0.29, 0.717) is 17.2 Å². The van der Waals surface area contributed by atoms with Crippen LogP contribution in [0.5, 0.6) is 0 Å². The summed E-state index contributed by atoms with van der Waals surface area (Å²) in [4.78, 5) is 20.6. The first-order valence-corrected chi connectivity index (χ1v) is 10.7. The minimum atomic E-state index is -3.25. The molecule has 0 unspecified atom stereocenters. The molecule has 0 saturated carbocycles. The summed E-state index contributed by atoms with van der Waals surface area (Å²) in [6.07, 6.45) is 4.76. The number of Topliss-reactive ketones (excluding diaryl/α,β-unsaturated/α-hetero) is 1. The summed E-state index contributed by atoms with van der Waals surface area (Å²) in [6, 6.07) is 15.6. The second-order valence-electron chi connectivity index (χ2n) is 6.68. The molecule has 7 nitrogen and oxygen atoms in total. The molecule has 0 aliphatic heterocycles. The van der Waals surface area contributed by atoms with Crippen LogP contribution >= 0.6 is 0 Å². The first-order chi connectivity index (χ1) is 13.8. The van der Waals surface area contributed by atoms with Gasteiger partial charge in [-0.15, -0.1) is 0 Å². The molecule has 4 rings (SSSR count). The Hall–Kier alpha value is -3.52. The molecule has 2 aromatic carbocycles. The Bertz CT molecular complexity index is 1310. The lowest BCUT2D eigenvalue weighted by molar-refractivity contribution is 0.101. The van der Waals surface area contributed by atoms with Crippen molar-refractivity contribution in [2.75, 3.05) is 11.6 Å². The Morgan fingerprint density at radius 2 is 1.69 bits per heavy atom. The van der Waals surface area contributed by atoms with Gasteiger partial charge >= 0.3 is 0 Å². The summed E-state index contributed by atoms with van der Waals surface area (Å²) in [6.45, 7) is 1.52. The number of nitrogens with zero attached hydrogens (tertiary/aromatic N) is 3. The summed E-state index contributed by atoms with van der Waals surface area (Å²) >= 11 is 0. The van der Waals surface area contributed by atoms with E-state index in [9.17, 15) is 13.2 Å². The molecule has 2 heterocycles. The number of ketones is 1. The highest BCUT2D eigenvalue weighted by molar-refractivity contribution is 7.90. The van der Waals surface area contributed by atoms with Gasteiger partial charge in [-0.3, -0.25) is 4.79 Å². The van der Waals surface area contributed by atoms with Crippen LogP contribution < -0.4 is 5.32 Å². The standard InChI is InChI=1S/C21H18N4O3S/c1-14(26)15-3-5-17(6-4-15)23-21-22-13-16-11-12-25(20(16)24-21)18-7-9-19(10-8-18)29(2,27)28/h3-13H,1-2H3,(H,22,23,24). The van der Waals surface area contributed by atoms with Gasteiger partial charge in [0.25, 0.3) is 0 Å². The average Bonchev–Trinajstić information content (AvgIpc) is 3.11. The predicted molar refractivity (Wildman–Crippen MR) is 112 cm³/mol. The van der Waals surface area contributed by atoms with E-state index in [2.05, 4.69) is 15.3 Å². The minimum Gasteiger partial charge on any atom is -0.324 e. The number of nitrogens with one attached hydrogen (secondary N) is 1. The number of hydrogen-bond donors (Lipinski definition) is 1. The van der Waals surface area contributed by atoms with Crippen molar-refractivity contribution >= 4 is 38.3 Å². The fourth-order valence-corrected chi connectivity index (χ4v) is 3.59. The molecule has 0 fully saturated rings. The third-order valence-electron chi connectivity index (χ3n) is 4.52. The maximum Gasteiger partial charge on any atom is 0.229 e. The average molecular weight is 406 g/mol. The highest BCUT2D eigenvalue weighted by Crippen LogP contribution is 2.22. The van der Waals surface area contributed by atoms with Gasteiger partial charge in [0.05, 0.1) is 4.90 Å². The SMILES string of the molecule is CC(=O)c1ccc(Nc2ncc3ccn(-c4ccc(S(C)(=O)=O)cc4)c3n2)cc1. The first kappa shape index (κ1) is 18.8. The zero-order chi connectivity index (χ0) is 20.6. The number of hydrogen-bond acceptors (Lipinski definition) is 6. The maximum absolute atomic E-state index is 11.7. The van der Waals surface area contributed by atoms with Crippen molar-refractivity contribution in [1.82, 2.24) is 14.5 Å². The van der Waals surface area contributed by atoms with Crippen molar-refractivity contribution in [3.63, 3.8) is 0 Å². The van der Waals surface area contributed by atoms with Crippen LogP contribution in [0.1, 0.15) is 17.3 Å².